The van der Waals surface area contributed by atoms with Crippen LogP contribution in [0.3, 0.4) is 0 Å². The molecule has 0 aromatic heterocycles. The Morgan fingerprint density at radius 1 is 1.20 bits per heavy atom. The molecule has 0 fully saturated rings. The first-order valence-corrected chi connectivity index (χ1v) is 10.4. The van der Waals surface area contributed by atoms with Crippen molar-refractivity contribution >= 4 is 11.8 Å². The molecule has 6 heteroatoms. The van der Waals surface area contributed by atoms with Crippen LogP contribution in [0, 0.1) is 11.7 Å². The van der Waals surface area contributed by atoms with Crippen molar-refractivity contribution in [1.82, 2.24) is 10.2 Å². The highest BCUT2D eigenvalue weighted by Crippen LogP contribution is 2.37. The van der Waals surface area contributed by atoms with Gasteiger partial charge >= 0.3 is 0 Å². The Morgan fingerprint density at radius 2 is 1.93 bits per heavy atom. The lowest BCUT2D eigenvalue weighted by atomic mass is 9.88. The molecule has 0 bridgehead atoms. The number of halogens is 1. The Balaban J connectivity index is 1.79. The lowest BCUT2D eigenvalue weighted by molar-refractivity contribution is -0.130. The molecule has 2 aromatic rings. The average molecular weight is 413 g/mol. The molecule has 1 heterocycles. The summed E-state index contributed by atoms with van der Waals surface area (Å²) >= 11 is 0. The lowest BCUT2D eigenvalue weighted by Gasteiger charge is -2.37. The SMILES string of the molecule is CC(=O)N1CCc2ccc(OCC(=O)NCCC(C)C)cc2C1c1ccc(F)cc1. The van der Waals surface area contributed by atoms with E-state index in [1.165, 1.54) is 12.1 Å². The van der Waals surface area contributed by atoms with Gasteiger partial charge < -0.3 is 15.0 Å². The summed E-state index contributed by atoms with van der Waals surface area (Å²) in [6, 6.07) is 11.6. The van der Waals surface area contributed by atoms with E-state index in [0.29, 0.717) is 24.8 Å². The number of benzene rings is 2. The number of carbonyl (C=O) groups is 2. The highest BCUT2D eigenvalue weighted by Gasteiger charge is 2.30. The van der Waals surface area contributed by atoms with Gasteiger partial charge in [0.2, 0.25) is 5.91 Å². The van der Waals surface area contributed by atoms with Crippen molar-refractivity contribution in [2.75, 3.05) is 19.7 Å². The van der Waals surface area contributed by atoms with Gasteiger partial charge in [-0.15, -0.1) is 0 Å². The maximum atomic E-state index is 13.4. The minimum absolute atomic E-state index is 0.0363. The first kappa shape index (κ1) is 21.8. The van der Waals surface area contributed by atoms with E-state index < -0.39 is 0 Å². The van der Waals surface area contributed by atoms with Crippen LogP contribution in [0.4, 0.5) is 4.39 Å². The molecule has 2 amide bonds. The predicted octanol–water partition coefficient (Wildman–Crippen LogP) is 3.86. The zero-order valence-corrected chi connectivity index (χ0v) is 17.8. The van der Waals surface area contributed by atoms with Crippen LogP contribution in [-0.4, -0.2) is 36.4 Å². The lowest BCUT2D eigenvalue weighted by Crippen LogP contribution is -2.39. The van der Waals surface area contributed by atoms with Gasteiger partial charge in [-0.1, -0.05) is 32.0 Å². The van der Waals surface area contributed by atoms with Crippen LogP contribution < -0.4 is 10.1 Å². The molecular weight excluding hydrogens is 383 g/mol. The molecule has 0 aliphatic carbocycles. The summed E-state index contributed by atoms with van der Waals surface area (Å²) in [6.45, 7) is 6.93. The Bertz CT molecular complexity index is 896. The molecular formula is C24H29FN2O3. The summed E-state index contributed by atoms with van der Waals surface area (Å²) in [4.78, 5) is 26.1. The maximum Gasteiger partial charge on any atom is 0.257 e. The van der Waals surface area contributed by atoms with Crippen LogP contribution in [0.2, 0.25) is 0 Å². The van der Waals surface area contributed by atoms with Crippen molar-refractivity contribution in [3.8, 4) is 5.75 Å². The zero-order valence-electron chi connectivity index (χ0n) is 17.8. The second-order valence-electron chi connectivity index (χ2n) is 8.10. The molecule has 1 N–H and O–H groups in total. The monoisotopic (exact) mass is 412 g/mol. The predicted molar refractivity (Wildman–Crippen MR) is 114 cm³/mol. The maximum absolute atomic E-state index is 13.4. The first-order valence-electron chi connectivity index (χ1n) is 10.4. The molecule has 0 spiro atoms. The molecule has 2 aromatic carbocycles. The Kier molecular flexibility index (Phi) is 7.08. The van der Waals surface area contributed by atoms with Crippen LogP contribution in [0.1, 0.15) is 49.9 Å². The van der Waals surface area contributed by atoms with E-state index in [1.807, 2.05) is 18.2 Å². The molecule has 160 valence electrons. The van der Waals surface area contributed by atoms with Crippen molar-refractivity contribution in [2.24, 2.45) is 5.92 Å². The largest absolute Gasteiger partial charge is 0.484 e. The average Bonchev–Trinajstić information content (AvgIpc) is 2.71. The fraction of sp³-hybridized carbons (Fsp3) is 0.417. The van der Waals surface area contributed by atoms with Gasteiger partial charge in [0.15, 0.2) is 6.61 Å². The van der Waals surface area contributed by atoms with Gasteiger partial charge in [-0.2, -0.15) is 0 Å². The number of nitrogens with zero attached hydrogens (tertiary/aromatic N) is 1. The van der Waals surface area contributed by atoms with Crippen molar-refractivity contribution in [1.29, 1.82) is 0 Å². The van der Waals surface area contributed by atoms with Crippen molar-refractivity contribution in [3.05, 3.63) is 65.0 Å². The number of hydrogen-bond donors (Lipinski definition) is 1. The highest BCUT2D eigenvalue weighted by molar-refractivity contribution is 5.77. The van der Waals surface area contributed by atoms with E-state index in [0.717, 1.165) is 29.5 Å². The molecule has 3 rings (SSSR count). The van der Waals surface area contributed by atoms with E-state index in [9.17, 15) is 14.0 Å². The van der Waals surface area contributed by atoms with E-state index in [-0.39, 0.29) is 30.3 Å². The molecule has 0 saturated carbocycles. The summed E-state index contributed by atoms with van der Waals surface area (Å²) in [7, 11) is 0. The van der Waals surface area contributed by atoms with Crippen LogP contribution in [0.5, 0.6) is 5.75 Å². The minimum atomic E-state index is -0.315. The van der Waals surface area contributed by atoms with Gasteiger partial charge in [0.1, 0.15) is 11.6 Å². The van der Waals surface area contributed by atoms with Gasteiger partial charge in [0, 0.05) is 20.0 Å². The number of rotatable bonds is 7. The van der Waals surface area contributed by atoms with Crippen LogP contribution in [0.15, 0.2) is 42.5 Å². The van der Waals surface area contributed by atoms with Crippen molar-refractivity contribution in [3.63, 3.8) is 0 Å². The number of ether oxygens (including phenoxy) is 1. The standard InChI is InChI=1S/C24H29FN2O3/c1-16(2)10-12-26-23(29)15-30-21-9-6-18-11-13-27(17(3)28)24(22(18)14-21)19-4-7-20(25)8-5-19/h4-9,14,16,24H,10-13,15H2,1-3H3,(H,26,29). The summed E-state index contributed by atoms with van der Waals surface area (Å²) in [6.07, 6.45) is 1.66. The molecule has 5 nitrogen and oxygen atoms in total. The quantitative estimate of drug-likeness (QED) is 0.751. The van der Waals surface area contributed by atoms with Crippen LogP contribution in [0.25, 0.3) is 0 Å². The van der Waals surface area contributed by atoms with Gasteiger partial charge in [0.05, 0.1) is 6.04 Å². The molecule has 1 aliphatic heterocycles. The highest BCUT2D eigenvalue weighted by atomic mass is 19.1. The van der Waals surface area contributed by atoms with E-state index in [4.69, 9.17) is 4.74 Å². The molecule has 1 aliphatic rings. The smallest absolute Gasteiger partial charge is 0.257 e. The normalized spacial score (nSPS) is 15.6. The Labute approximate surface area is 177 Å². The first-order chi connectivity index (χ1) is 14.3. The second-order valence-corrected chi connectivity index (χ2v) is 8.10. The summed E-state index contributed by atoms with van der Waals surface area (Å²) in [5.41, 5.74) is 2.91. The van der Waals surface area contributed by atoms with Gasteiger partial charge in [-0.25, -0.2) is 4.39 Å². The van der Waals surface area contributed by atoms with Gasteiger partial charge in [0.25, 0.3) is 5.91 Å². The third-order valence-corrected chi connectivity index (χ3v) is 5.35. The fourth-order valence-electron chi connectivity index (χ4n) is 3.73. The van der Waals surface area contributed by atoms with Crippen molar-refractivity contribution < 1.29 is 18.7 Å². The molecule has 1 unspecified atom stereocenters. The van der Waals surface area contributed by atoms with Crippen LogP contribution >= 0.6 is 0 Å². The zero-order chi connectivity index (χ0) is 21.7. The topological polar surface area (TPSA) is 58.6 Å². The van der Waals surface area contributed by atoms with Crippen LogP contribution in [-0.2, 0) is 16.0 Å². The van der Waals surface area contributed by atoms with E-state index >= 15 is 0 Å². The Hall–Kier alpha value is -2.89. The number of amides is 2. The third-order valence-electron chi connectivity index (χ3n) is 5.35. The summed E-state index contributed by atoms with van der Waals surface area (Å²) in [5, 5.41) is 2.86. The molecule has 0 saturated heterocycles. The Morgan fingerprint density at radius 3 is 2.60 bits per heavy atom. The number of hydrogen-bond acceptors (Lipinski definition) is 3. The number of carbonyl (C=O) groups excluding carboxylic acids is 2. The molecule has 1 atom stereocenters. The van der Waals surface area contributed by atoms with Gasteiger partial charge in [-0.3, -0.25) is 9.59 Å². The van der Waals surface area contributed by atoms with Crippen molar-refractivity contribution in [2.45, 2.75) is 39.7 Å². The minimum Gasteiger partial charge on any atom is -0.484 e. The number of nitrogens with one attached hydrogen (secondary N) is 1. The second kappa shape index (κ2) is 9.74. The number of fused-ring (bicyclic) bond motifs is 1. The third kappa shape index (κ3) is 5.38. The summed E-state index contributed by atoms with van der Waals surface area (Å²) in [5.74, 6) is 0.592. The van der Waals surface area contributed by atoms with E-state index in [1.54, 1.807) is 24.0 Å². The molecule has 30 heavy (non-hydrogen) atoms. The van der Waals surface area contributed by atoms with E-state index in [2.05, 4.69) is 19.2 Å². The molecule has 0 radical (unpaired) electrons. The van der Waals surface area contributed by atoms with Gasteiger partial charge in [-0.05, 0) is 59.7 Å². The summed E-state index contributed by atoms with van der Waals surface area (Å²) < 4.78 is 19.2. The fourth-order valence-corrected chi connectivity index (χ4v) is 3.73.